The first kappa shape index (κ1) is 12.2. The average Bonchev–Trinajstić information content (AvgIpc) is 3.14. The molecule has 1 aliphatic rings. The van der Waals surface area contributed by atoms with E-state index in [-0.39, 0.29) is 17.7 Å². The quantitative estimate of drug-likeness (QED) is 0.780. The Morgan fingerprint density at radius 1 is 1.05 bits per heavy atom. The van der Waals surface area contributed by atoms with Gasteiger partial charge in [0.25, 0.3) is 0 Å². The number of rotatable bonds is 3. The lowest BCUT2D eigenvalue weighted by Crippen LogP contribution is -2.14. The van der Waals surface area contributed by atoms with Crippen LogP contribution in [0.15, 0.2) is 65.3 Å². The molecule has 0 saturated heterocycles. The lowest BCUT2D eigenvalue weighted by Gasteiger charge is -2.08. The van der Waals surface area contributed by atoms with Gasteiger partial charge in [-0.25, -0.2) is 0 Å². The molecular formula is C18H15NO2. The molecule has 1 fully saturated rings. The van der Waals surface area contributed by atoms with E-state index in [4.69, 9.17) is 4.42 Å². The zero-order valence-corrected chi connectivity index (χ0v) is 11.5. The zero-order valence-electron chi connectivity index (χ0n) is 11.5. The predicted molar refractivity (Wildman–Crippen MR) is 82.1 cm³/mol. The summed E-state index contributed by atoms with van der Waals surface area (Å²) in [6.07, 6.45) is 2.53. The highest BCUT2D eigenvalue weighted by Crippen LogP contribution is 2.48. The minimum atomic E-state index is 0.0233. The summed E-state index contributed by atoms with van der Waals surface area (Å²) >= 11 is 0. The van der Waals surface area contributed by atoms with Crippen LogP contribution >= 0.6 is 0 Å². The Balaban J connectivity index is 1.55. The van der Waals surface area contributed by atoms with Crippen molar-refractivity contribution in [2.45, 2.75) is 12.3 Å². The van der Waals surface area contributed by atoms with Crippen LogP contribution in [0.1, 0.15) is 18.1 Å². The molecule has 2 atom stereocenters. The highest BCUT2D eigenvalue weighted by atomic mass is 16.3. The molecule has 104 valence electrons. The van der Waals surface area contributed by atoms with Gasteiger partial charge in [0, 0.05) is 22.9 Å². The molecule has 1 amide bonds. The molecule has 2 unspecified atom stereocenters. The fourth-order valence-corrected chi connectivity index (χ4v) is 2.86. The van der Waals surface area contributed by atoms with Crippen LogP contribution in [-0.4, -0.2) is 5.91 Å². The zero-order chi connectivity index (χ0) is 14.2. The number of anilines is 1. The van der Waals surface area contributed by atoms with Crippen molar-refractivity contribution in [1.29, 1.82) is 0 Å². The van der Waals surface area contributed by atoms with E-state index in [1.54, 1.807) is 6.26 Å². The monoisotopic (exact) mass is 277 g/mol. The SMILES string of the molecule is O=C(Nc1cccc2ccccc12)C1CC1c1ccco1. The van der Waals surface area contributed by atoms with Gasteiger partial charge in [0.1, 0.15) is 5.76 Å². The van der Waals surface area contributed by atoms with E-state index in [0.717, 1.165) is 28.6 Å². The van der Waals surface area contributed by atoms with E-state index in [9.17, 15) is 4.79 Å². The Bertz CT molecular complexity index is 787. The molecule has 0 bridgehead atoms. The first-order chi connectivity index (χ1) is 10.3. The lowest BCUT2D eigenvalue weighted by molar-refractivity contribution is -0.117. The first-order valence-electron chi connectivity index (χ1n) is 7.15. The fourth-order valence-electron chi connectivity index (χ4n) is 2.86. The summed E-state index contributed by atoms with van der Waals surface area (Å²) < 4.78 is 5.38. The summed E-state index contributed by atoms with van der Waals surface area (Å²) in [6.45, 7) is 0. The van der Waals surface area contributed by atoms with Gasteiger partial charge < -0.3 is 9.73 Å². The van der Waals surface area contributed by atoms with E-state index in [1.165, 1.54) is 0 Å². The molecule has 1 aliphatic carbocycles. The second-order valence-corrected chi connectivity index (χ2v) is 5.48. The molecule has 4 rings (SSSR count). The Morgan fingerprint density at radius 2 is 1.90 bits per heavy atom. The first-order valence-corrected chi connectivity index (χ1v) is 7.15. The van der Waals surface area contributed by atoms with E-state index >= 15 is 0 Å². The van der Waals surface area contributed by atoms with Crippen LogP contribution in [0.4, 0.5) is 5.69 Å². The molecule has 3 heteroatoms. The highest BCUT2D eigenvalue weighted by molar-refractivity contribution is 6.03. The van der Waals surface area contributed by atoms with Crippen molar-refractivity contribution < 1.29 is 9.21 Å². The molecule has 3 nitrogen and oxygen atoms in total. The molecule has 1 saturated carbocycles. The second kappa shape index (κ2) is 4.77. The fraction of sp³-hybridized carbons (Fsp3) is 0.167. The maximum absolute atomic E-state index is 12.4. The number of carbonyl (C=O) groups excluding carboxylic acids is 1. The molecule has 0 spiro atoms. The van der Waals surface area contributed by atoms with Crippen LogP contribution in [0.2, 0.25) is 0 Å². The third-order valence-corrected chi connectivity index (χ3v) is 4.08. The third-order valence-electron chi connectivity index (χ3n) is 4.08. The maximum atomic E-state index is 12.4. The van der Waals surface area contributed by atoms with Crippen LogP contribution in [0.3, 0.4) is 0 Å². The average molecular weight is 277 g/mol. The van der Waals surface area contributed by atoms with Gasteiger partial charge in [0.2, 0.25) is 5.91 Å². The van der Waals surface area contributed by atoms with Gasteiger partial charge in [-0.2, -0.15) is 0 Å². The van der Waals surface area contributed by atoms with Crippen LogP contribution in [0.25, 0.3) is 10.8 Å². The topological polar surface area (TPSA) is 42.2 Å². The standard InChI is InChI=1S/C18H15NO2/c20-18(15-11-14(15)17-9-4-10-21-17)19-16-8-3-6-12-5-1-2-7-13(12)16/h1-10,14-15H,11H2,(H,19,20). The number of furan rings is 1. The molecule has 1 heterocycles. The van der Waals surface area contributed by atoms with Gasteiger partial charge >= 0.3 is 0 Å². The summed E-state index contributed by atoms with van der Waals surface area (Å²) in [7, 11) is 0. The lowest BCUT2D eigenvalue weighted by atomic mass is 10.1. The number of carbonyl (C=O) groups is 1. The van der Waals surface area contributed by atoms with E-state index in [0.29, 0.717) is 0 Å². The normalized spacial score (nSPS) is 20.4. The van der Waals surface area contributed by atoms with Gasteiger partial charge in [0.15, 0.2) is 0 Å². The summed E-state index contributed by atoms with van der Waals surface area (Å²) in [4.78, 5) is 12.4. The summed E-state index contributed by atoms with van der Waals surface area (Å²) in [5.74, 6) is 1.24. The van der Waals surface area contributed by atoms with E-state index in [1.807, 2.05) is 54.6 Å². The molecule has 0 aliphatic heterocycles. The minimum absolute atomic E-state index is 0.0233. The third kappa shape index (κ3) is 2.21. The molecule has 2 aromatic carbocycles. The Kier molecular flexibility index (Phi) is 2.78. The number of hydrogen-bond donors (Lipinski definition) is 1. The molecule has 21 heavy (non-hydrogen) atoms. The van der Waals surface area contributed by atoms with E-state index < -0.39 is 0 Å². The number of amides is 1. The van der Waals surface area contributed by atoms with Gasteiger partial charge in [-0.05, 0) is 30.0 Å². The van der Waals surface area contributed by atoms with E-state index in [2.05, 4.69) is 5.32 Å². The molecule has 3 aromatic rings. The molecule has 1 N–H and O–H groups in total. The van der Waals surface area contributed by atoms with Crippen molar-refractivity contribution >= 4 is 22.4 Å². The van der Waals surface area contributed by atoms with Crippen molar-refractivity contribution in [3.05, 3.63) is 66.6 Å². The highest BCUT2D eigenvalue weighted by Gasteiger charge is 2.45. The van der Waals surface area contributed by atoms with Crippen molar-refractivity contribution in [3.63, 3.8) is 0 Å². The predicted octanol–water partition coefficient (Wildman–Crippen LogP) is 4.18. The van der Waals surface area contributed by atoms with Gasteiger partial charge in [-0.3, -0.25) is 4.79 Å². The molecule has 1 aromatic heterocycles. The van der Waals surface area contributed by atoms with Gasteiger partial charge in [-0.15, -0.1) is 0 Å². The molecular weight excluding hydrogens is 262 g/mol. The maximum Gasteiger partial charge on any atom is 0.228 e. The van der Waals surface area contributed by atoms with Crippen molar-refractivity contribution in [3.8, 4) is 0 Å². The number of hydrogen-bond acceptors (Lipinski definition) is 2. The Hall–Kier alpha value is -2.55. The van der Waals surface area contributed by atoms with Crippen LogP contribution in [0.5, 0.6) is 0 Å². The van der Waals surface area contributed by atoms with Crippen LogP contribution < -0.4 is 5.32 Å². The number of nitrogens with one attached hydrogen (secondary N) is 1. The van der Waals surface area contributed by atoms with Crippen molar-refractivity contribution in [1.82, 2.24) is 0 Å². The number of benzene rings is 2. The van der Waals surface area contributed by atoms with Gasteiger partial charge in [0.05, 0.1) is 6.26 Å². The smallest absolute Gasteiger partial charge is 0.228 e. The summed E-state index contributed by atoms with van der Waals surface area (Å²) in [5, 5.41) is 5.26. The summed E-state index contributed by atoms with van der Waals surface area (Å²) in [5.41, 5.74) is 0.878. The largest absolute Gasteiger partial charge is 0.469 e. The molecule has 0 radical (unpaired) electrons. The van der Waals surface area contributed by atoms with Crippen LogP contribution in [0, 0.1) is 5.92 Å². The second-order valence-electron chi connectivity index (χ2n) is 5.48. The van der Waals surface area contributed by atoms with Gasteiger partial charge in [-0.1, -0.05) is 36.4 Å². The van der Waals surface area contributed by atoms with Crippen molar-refractivity contribution in [2.24, 2.45) is 5.92 Å². The Labute approximate surface area is 122 Å². The van der Waals surface area contributed by atoms with Crippen molar-refractivity contribution in [2.75, 3.05) is 5.32 Å². The number of fused-ring (bicyclic) bond motifs is 1. The summed E-state index contributed by atoms with van der Waals surface area (Å²) in [6, 6.07) is 17.8. The van der Waals surface area contributed by atoms with Crippen LogP contribution in [-0.2, 0) is 4.79 Å². The minimum Gasteiger partial charge on any atom is -0.469 e. The Morgan fingerprint density at radius 3 is 2.76 bits per heavy atom.